The predicted molar refractivity (Wildman–Crippen MR) is 135 cm³/mol. The van der Waals surface area contributed by atoms with Gasteiger partial charge in [0, 0.05) is 35.1 Å². The van der Waals surface area contributed by atoms with Crippen LogP contribution in [0.5, 0.6) is 5.75 Å². The highest BCUT2D eigenvalue weighted by Crippen LogP contribution is 2.39. The predicted octanol–water partition coefficient (Wildman–Crippen LogP) is 2.94. The lowest BCUT2D eigenvalue weighted by Gasteiger charge is -2.33. The summed E-state index contributed by atoms with van der Waals surface area (Å²) in [7, 11) is -2.38. The van der Waals surface area contributed by atoms with Crippen molar-refractivity contribution in [2.24, 2.45) is 5.41 Å². The van der Waals surface area contributed by atoms with E-state index >= 15 is 0 Å². The Morgan fingerprint density at radius 3 is 2.77 bits per heavy atom. The number of nitrogens with two attached hydrogens (primary N) is 1. The minimum Gasteiger partial charge on any atom is -0.491 e. The van der Waals surface area contributed by atoms with Gasteiger partial charge >= 0.3 is 0 Å². The van der Waals surface area contributed by atoms with Crippen molar-refractivity contribution in [3.63, 3.8) is 0 Å². The monoisotopic (exact) mass is 494 g/mol. The van der Waals surface area contributed by atoms with Crippen LogP contribution in [0.3, 0.4) is 0 Å². The Balaban J connectivity index is 1.51. The number of benzene rings is 1. The minimum atomic E-state index is -3.73. The molecule has 1 aliphatic carbocycles. The van der Waals surface area contributed by atoms with Gasteiger partial charge in [-0.2, -0.15) is 0 Å². The van der Waals surface area contributed by atoms with E-state index in [1.807, 2.05) is 18.2 Å². The van der Waals surface area contributed by atoms with Crippen molar-refractivity contribution in [1.29, 1.82) is 0 Å². The molecule has 0 fully saturated rings. The summed E-state index contributed by atoms with van der Waals surface area (Å²) in [6.07, 6.45) is 6.28. The minimum absolute atomic E-state index is 0.0381. The van der Waals surface area contributed by atoms with Crippen LogP contribution in [0.2, 0.25) is 0 Å². The van der Waals surface area contributed by atoms with Crippen LogP contribution in [0.4, 0.5) is 11.6 Å². The molecule has 3 N–H and O–H groups in total. The van der Waals surface area contributed by atoms with Crippen LogP contribution in [0.15, 0.2) is 41.7 Å². The Hall–Kier alpha value is -3.24. The van der Waals surface area contributed by atoms with Crippen molar-refractivity contribution in [3.05, 3.63) is 53.6 Å². The molecule has 5 rings (SSSR count). The Bertz CT molecular complexity index is 1390. The molecule has 2 aliphatic rings. The van der Waals surface area contributed by atoms with Crippen molar-refractivity contribution in [2.75, 3.05) is 30.8 Å². The molecule has 2 aromatic heterocycles. The molecule has 0 bridgehead atoms. The number of anilines is 2. The number of sulfonamides is 1. The maximum absolute atomic E-state index is 12.4. The van der Waals surface area contributed by atoms with Crippen molar-refractivity contribution >= 4 is 21.7 Å². The molecule has 0 atom stereocenters. The second-order valence-corrected chi connectivity index (χ2v) is 11.7. The van der Waals surface area contributed by atoms with E-state index in [-0.39, 0.29) is 16.1 Å². The number of nitrogens with zero attached hydrogens (tertiary/aromatic N) is 4. The maximum atomic E-state index is 12.4. The van der Waals surface area contributed by atoms with E-state index in [0.717, 1.165) is 47.7 Å². The molecule has 0 saturated carbocycles. The summed E-state index contributed by atoms with van der Waals surface area (Å²) in [5.74, 6) is 1.75. The van der Waals surface area contributed by atoms with Crippen LogP contribution in [0, 0.1) is 5.41 Å². The molecule has 3 heterocycles. The Labute approximate surface area is 205 Å². The van der Waals surface area contributed by atoms with E-state index in [0.29, 0.717) is 25.3 Å². The molecule has 1 aromatic carbocycles. The summed E-state index contributed by atoms with van der Waals surface area (Å²) in [5.41, 5.74) is 10.9. The molecule has 0 spiro atoms. The number of aromatic nitrogens is 3. The van der Waals surface area contributed by atoms with E-state index in [2.05, 4.69) is 33.4 Å². The number of rotatable bonds is 4. The molecule has 35 heavy (non-hydrogen) atoms. The molecular weight excluding hydrogens is 464 g/mol. The third kappa shape index (κ3) is 4.55. The largest absolute Gasteiger partial charge is 0.491 e. The van der Waals surface area contributed by atoms with Gasteiger partial charge in [-0.15, -0.1) is 0 Å². The number of aryl methyl sites for hydroxylation is 1. The molecule has 0 radical (unpaired) electrons. The van der Waals surface area contributed by atoms with Gasteiger partial charge in [0.25, 0.3) is 0 Å². The highest BCUT2D eigenvalue weighted by molar-refractivity contribution is 7.89. The number of nitrogen functional groups attached to an aromatic ring is 1. The number of nitrogens with one attached hydrogen (secondary N) is 1. The Kier molecular flexibility index (Phi) is 5.88. The van der Waals surface area contributed by atoms with Gasteiger partial charge < -0.3 is 15.4 Å². The van der Waals surface area contributed by atoms with Crippen LogP contribution in [-0.2, 0) is 29.4 Å². The molecule has 0 amide bonds. The van der Waals surface area contributed by atoms with E-state index < -0.39 is 10.0 Å². The zero-order valence-electron chi connectivity index (χ0n) is 20.2. The molecule has 10 heteroatoms. The first kappa shape index (κ1) is 23.5. The van der Waals surface area contributed by atoms with E-state index in [9.17, 15) is 8.42 Å². The lowest BCUT2D eigenvalue weighted by molar-refractivity contribution is 0.310. The van der Waals surface area contributed by atoms with E-state index in [1.165, 1.54) is 12.6 Å². The van der Waals surface area contributed by atoms with Gasteiger partial charge in [-0.05, 0) is 55.5 Å². The van der Waals surface area contributed by atoms with E-state index in [1.54, 1.807) is 18.6 Å². The summed E-state index contributed by atoms with van der Waals surface area (Å²) in [6.45, 7) is 6.47. The second-order valence-electron chi connectivity index (χ2n) is 9.87. The lowest BCUT2D eigenvalue weighted by Crippen LogP contribution is -2.31. The van der Waals surface area contributed by atoms with Crippen molar-refractivity contribution in [3.8, 4) is 16.9 Å². The summed E-state index contributed by atoms with van der Waals surface area (Å²) in [6, 6.07) is 7.41. The summed E-state index contributed by atoms with van der Waals surface area (Å²) in [5, 5.41) is 0. The van der Waals surface area contributed by atoms with Gasteiger partial charge in [-0.3, -0.25) is 0 Å². The van der Waals surface area contributed by atoms with Crippen molar-refractivity contribution < 1.29 is 13.2 Å². The normalized spacial score (nSPS) is 17.2. The summed E-state index contributed by atoms with van der Waals surface area (Å²) < 4.78 is 33.1. The number of hydrogen-bond acceptors (Lipinski definition) is 8. The van der Waals surface area contributed by atoms with E-state index in [4.69, 9.17) is 15.5 Å². The first-order valence-electron chi connectivity index (χ1n) is 11.7. The fraction of sp³-hybridized carbons (Fsp3) is 0.400. The van der Waals surface area contributed by atoms with Gasteiger partial charge in [0.2, 0.25) is 10.0 Å². The van der Waals surface area contributed by atoms with Crippen molar-refractivity contribution in [2.45, 2.75) is 44.6 Å². The van der Waals surface area contributed by atoms with Crippen LogP contribution in [0.25, 0.3) is 11.1 Å². The average Bonchev–Trinajstić information content (AvgIpc) is 3.05. The Morgan fingerprint density at radius 1 is 1.14 bits per heavy atom. The van der Waals surface area contributed by atoms with Crippen LogP contribution < -0.4 is 20.1 Å². The quantitative estimate of drug-likeness (QED) is 0.567. The molecule has 0 saturated heterocycles. The fourth-order valence-electron chi connectivity index (χ4n) is 4.82. The first-order chi connectivity index (χ1) is 16.7. The first-order valence-corrected chi connectivity index (χ1v) is 13.2. The van der Waals surface area contributed by atoms with Gasteiger partial charge in [0.1, 0.15) is 35.2 Å². The standard InChI is InChI=1S/C25H30N6O3S/c1-25(2)7-6-20-19(12-25)24(30-15-29-20)31-8-9-34-21-5-4-16(10-18(21)14-31)17-11-22(23(26)28-13-17)35(32,33)27-3/h4-5,10-11,13,15,27H,6-9,12,14H2,1-3H3,(H2,26,28). The average molecular weight is 495 g/mol. The number of fused-ring (bicyclic) bond motifs is 2. The topological polar surface area (TPSA) is 123 Å². The molecule has 184 valence electrons. The van der Waals surface area contributed by atoms with Crippen molar-refractivity contribution in [1.82, 2.24) is 19.7 Å². The Morgan fingerprint density at radius 2 is 1.97 bits per heavy atom. The zero-order chi connectivity index (χ0) is 24.8. The third-order valence-electron chi connectivity index (χ3n) is 6.82. The van der Waals surface area contributed by atoms with Gasteiger partial charge in [-0.1, -0.05) is 19.9 Å². The SMILES string of the molecule is CNS(=O)(=O)c1cc(-c2ccc3c(c2)CN(c2ncnc4c2CC(C)(C)CC4)CCO3)cnc1N. The highest BCUT2D eigenvalue weighted by atomic mass is 32.2. The molecule has 3 aromatic rings. The highest BCUT2D eigenvalue weighted by Gasteiger charge is 2.30. The molecule has 0 unspecified atom stereocenters. The lowest BCUT2D eigenvalue weighted by atomic mass is 9.76. The van der Waals surface area contributed by atoms with Crippen LogP contribution >= 0.6 is 0 Å². The van der Waals surface area contributed by atoms with Crippen LogP contribution in [-0.4, -0.2) is 43.6 Å². The van der Waals surface area contributed by atoms with Crippen LogP contribution in [0.1, 0.15) is 37.1 Å². The smallest absolute Gasteiger partial charge is 0.243 e. The summed E-state index contributed by atoms with van der Waals surface area (Å²) in [4.78, 5) is 15.6. The second kappa shape index (κ2) is 8.76. The maximum Gasteiger partial charge on any atom is 0.243 e. The van der Waals surface area contributed by atoms with Gasteiger partial charge in [0.05, 0.1) is 6.54 Å². The fourth-order valence-corrected chi connectivity index (χ4v) is 5.65. The molecular formula is C25H30N6O3S. The number of pyridine rings is 1. The number of ether oxygens (including phenoxy) is 1. The molecule has 9 nitrogen and oxygen atoms in total. The zero-order valence-corrected chi connectivity index (χ0v) is 21.0. The molecule has 1 aliphatic heterocycles. The van der Waals surface area contributed by atoms with Gasteiger partial charge in [-0.25, -0.2) is 28.1 Å². The number of hydrogen-bond donors (Lipinski definition) is 2. The third-order valence-corrected chi connectivity index (χ3v) is 8.26. The van der Waals surface area contributed by atoms with Gasteiger partial charge in [0.15, 0.2) is 0 Å². The summed E-state index contributed by atoms with van der Waals surface area (Å²) >= 11 is 0.